The van der Waals surface area contributed by atoms with Gasteiger partial charge in [-0.25, -0.2) is 0 Å². The largest absolute Gasteiger partial charge is 0.349 e. The molecule has 0 bridgehead atoms. The third-order valence-corrected chi connectivity index (χ3v) is 6.44. The van der Waals surface area contributed by atoms with Crippen molar-refractivity contribution in [1.29, 1.82) is 0 Å². The molecular formula is C22H32O2. The second kappa shape index (κ2) is 8.01. The van der Waals surface area contributed by atoms with Crippen molar-refractivity contribution in [2.24, 2.45) is 11.8 Å². The zero-order valence-corrected chi connectivity index (χ0v) is 14.9. The summed E-state index contributed by atoms with van der Waals surface area (Å²) < 4.78 is 13.1. The van der Waals surface area contributed by atoms with Crippen LogP contribution in [0, 0.1) is 11.8 Å². The van der Waals surface area contributed by atoms with E-state index in [0.717, 1.165) is 12.3 Å². The average Bonchev–Trinajstić information content (AvgIpc) is 2.70. The molecule has 1 heterocycles. The minimum atomic E-state index is 0.0242. The summed E-state index contributed by atoms with van der Waals surface area (Å²) in [5.74, 6) is 1.36. The maximum Gasteiger partial charge on any atom is 0.161 e. The van der Waals surface area contributed by atoms with Crippen molar-refractivity contribution >= 4 is 0 Å². The summed E-state index contributed by atoms with van der Waals surface area (Å²) in [5.41, 5.74) is 1.34. The van der Waals surface area contributed by atoms with Gasteiger partial charge in [-0.3, -0.25) is 0 Å². The molecule has 1 saturated heterocycles. The van der Waals surface area contributed by atoms with E-state index >= 15 is 0 Å². The van der Waals surface area contributed by atoms with Crippen LogP contribution in [0.3, 0.4) is 0 Å². The van der Waals surface area contributed by atoms with Gasteiger partial charge in [-0.15, -0.1) is 0 Å². The van der Waals surface area contributed by atoms with Crippen LogP contribution in [-0.2, 0) is 9.47 Å². The minimum absolute atomic E-state index is 0.0242. The SMILES string of the molecule is c1ccc(C2CC(C3CCCCC3)OC(C3CCCCC3)O2)cc1. The van der Waals surface area contributed by atoms with Gasteiger partial charge in [-0.2, -0.15) is 0 Å². The molecule has 0 N–H and O–H groups in total. The normalized spacial score (nSPS) is 33.4. The van der Waals surface area contributed by atoms with Gasteiger partial charge >= 0.3 is 0 Å². The quantitative estimate of drug-likeness (QED) is 0.675. The number of rotatable bonds is 3. The molecule has 3 atom stereocenters. The van der Waals surface area contributed by atoms with Crippen molar-refractivity contribution in [2.45, 2.75) is 89.1 Å². The van der Waals surface area contributed by atoms with Gasteiger partial charge in [-0.1, -0.05) is 68.9 Å². The molecule has 2 aliphatic carbocycles. The van der Waals surface area contributed by atoms with Crippen LogP contribution < -0.4 is 0 Å². The molecule has 3 unspecified atom stereocenters. The van der Waals surface area contributed by atoms with Gasteiger partial charge < -0.3 is 9.47 Å². The second-order valence-electron chi connectivity index (χ2n) is 8.11. The molecule has 0 amide bonds. The molecule has 3 fully saturated rings. The van der Waals surface area contributed by atoms with Crippen molar-refractivity contribution in [3.8, 4) is 0 Å². The van der Waals surface area contributed by atoms with E-state index < -0.39 is 0 Å². The van der Waals surface area contributed by atoms with Crippen LogP contribution in [0.15, 0.2) is 30.3 Å². The third kappa shape index (κ3) is 3.86. The van der Waals surface area contributed by atoms with Crippen molar-refractivity contribution in [2.75, 3.05) is 0 Å². The van der Waals surface area contributed by atoms with Crippen molar-refractivity contribution in [3.05, 3.63) is 35.9 Å². The van der Waals surface area contributed by atoms with E-state index in [-0.39, 0.29) is 12.4 Å². The van der Waals surface area contributed by atoms with E-state index in [1.54, 1.807) is 0 Å². The summed E-state index contributed by atoms with van der Waals surface area (Å²) in [5, 5.41) is 0. The predicted molar refractivity (Wildman–Crippen MR) is 96.7 cm³/mol. The summed E-state index contributed by atoms with van der Waals surface area (Å²) in [6.07, 6.45) is 15.2. The topological polar surface area (TPSA) is 18.5 Å². The van der Waals surface area contributed by atoms with Crippen LogP contribution >= 0.6 is 0 Å². The molecule has 0 spiro atoms. The predicted octanol–water partition coefficient (Wildman–Crippen LogP) is 6.02. The van der Waals surface area contributed by atoms with Gasteiger partial charge in [0.15, 0.2) is 6.29 Å². The van der Waals surface area contributed by atoms with Crippen LogP contribution in [0.25, 0.3) is 0 Å². The lowest BCUT2D eigenvalue weighted by Gasteiger charge is -2.43. The first-order valence-corrected chi connectivity index (χ1v) is 10.3. The highest BCUT2D eigenvalue weighted by Crippen LogP contribution is 2.42. The Morgan fingerprint density at radius 3 is 1.96 bits per heavy atom. The fourth-order valence-electron chi connectivity index (χ4n) is 5.01. The van der Waals surface area contributed by atoms with E-state index in [1.165, 1.54) is 69.8 Å². The first-order valence-electron chi connectivity index (χ1n) is 10.3. The van der Waals surface area contributed by atoms with Gasteiger partial charge in [0.1, 0.15) is 0 Å². The minimum Gasteiger partial charge on any atom is -0.349 e. The Morgan fingerprint density at radius 1 is 0.667 bits per heavy atom. The molecule has 132 valence electrons. The smallest absolute Gasteiger partial charge is 0.161 e. The second-order valence-corrected chi connectivity index (χ2v) is 8.11. The fourth-order valence-corrected chi connectivity index (χ4v) is 5.01. The lowest BCUT2D eigenvalue weighted by molar-refractivity contribution is -0.279. The highest BCUT2D eigenvalue weighted by molar-refractivity contribution is 5.18. The molecule has 0 radical (unpaired) electrons. The van der Waals surface area contributed by atoms with E-state index in [2.05, 4.69) is 30.3 Å². The Bertz CT molecular complexity index is 462. The van der Waals surface area contributed by atoms with Gasteiger partial charge in [0.05, 0.1) is 12.2 Å². The molecule has 0 aromatic heterocycles. The first-order chi connectivity index (χ1) is 11.9. The molecular weight excluding hydrogens is 296 g/mol. The Balaban J connectivity index is 1.51. The molecule has 24 heavy (non-hydrogen) atoms. The van der Waals surface area contributed by atoms with E-state index in [0.29, 0.717) is 12.0 Å². The molecule has 1 aromatic rings. The van der Waals surface area contributed by atoms with E-state index in [4.69, 9.17) is 9.47 Å². The first kappa shape index (κ1) is 16.6. The number of hydrogen-bond donors (Lipinski definition) is 0. The van der Waals surface area contributed by atoms with E-state index in [9.17, 15) is 0 Å². The van der Waals surface area contributed by atoms with Crippen molar-refractivity contribution in [1.82, 2.24) is 0 Å². The van der Waals surface area contributed by atoms with Crippen LogP contribution in [0.1, 0.15) is 82.3 Å². The highest BCUT2D eigenvalue weighted by Gasteiger charge is 2.39. The maximum atomic E-state index is 6.59. The fraction of sp³-hybridized carbons (Fsp3) is 0.727. The molecule has 2 nitrogen and oxygen atoms in total. The van der Waals surface area contributed by atoms with Crippen LogP contribution in [0.2, 0.25) is 0 Å². The van der Waals surface area contributed by atoms with Gasteiger partial charge in [0.25, 0.3) is 0 Å². The molecule has 2 saturated carbocycles. The monoisotopic (exact) mass is 328 g/mol. The summed E-state index contributed by atoms with van der Waals surface area (Å²) in [6.45, 7) is 0. The number of benzene rings is 1. The Labute approximate surface area is 146 Å². The molecule has 3 aliphatic rings. The number of hydrogen-bond acceptors (Lipinski definition) is 2. The molecule has 4 rings (SSSR count). The van der Waals surface area contributed by atoms with Crippen LogP contribution in [0.4, 0.5) is 0 Å². The molecule has 1 aromatic carbocycles. The lowest BCUT2D eigenvalue weighted by Crippen LogP contribution is -2.43. The Kier molecular flexibility index (Phi) is 5.54. The summed E-state index contributed by atoms with van der Waals surface area (Å²) in [4.78, 5) is 0. The summed E-state index contributed by atoms with van der Waals surface area (Å²) in [6, 6.07) is 10.8. The standard InChI is InChI=1S/C22H32O2/c1-4-10-17(11-5-1)20-16-21(18-12-6-2-7-13-18)24-22(23-20)19-14-8-3-9-15-19/h1,4-5,10-11,18-22H,2-3,6-9,12-16H2. The lowest BCUT2D eigenvalue weighted by atomic mass is 9.81. The molecule has 2 heteroatoms. The van der Waals surface area contributed by atoms with Crippen LogP contribution in [-0.4, -0.2) is 12.4 Å². The summed E-state index contributed by atoms with van der Waals surface area (Å²) >= 11 is 0. The highest BCUT2D eigenvalue weighted by atomic mass is 16.7. The molecule has 1 aliphatic heterocycles. The van der Waals surface area contributed by atoms with Crippen molar-refractivity contribution < 1.29 is 9.47 Å². The Hall–Kier alpha value is -0.860. The zero-order valence-electron chi connectivity index (χ0n) is 14.9. The zero-order chi connectivity index (χ0) is 16.2. The third-order valence-electron chi connectivity index (χ3n) is 6.44. The van der Waals surface area contributed by atoms with Crippen LogP contribution in [0.5, 0.6) is 0 Å². The summed E-state index contributed by atoms with van der Waals surface area (Å²) in [7, 11) is 0. The van der Waals surface area contributed by atoms with Gasteiger partial charge in [0, 0.05) is 12.3 Å². The van der Waals surface area contributed by atoms with Gasteiger partial charge in [0.2, 0.25) is 0 Å². The van der Waals surface area contributed by atoms with Crippen molar-refractivity contribution in [3.63, 3.8) is 0 Å². The number of ether oxygens (including phenoxy) is 2. The average molecular weight is 328 g/mol. The van der Waals surface area contributed by atoms with E-state index in [1.807, 2.05) is 0 Å². The Morgan fingerprint density at radius 2 is 1.29 bits per heavy atom. The maximum absolute atomic E-state index is 6.59. The van der Waals surface area contributed by atoms with Gasteiger partial charge in [-0.05, 0) is 37.2 Å².